The fourth-order valence-electron chi connectivity index (χ4n) is 0. The van der Waals surface area contributed by atoms with E-state index in [9.17, 15) is 0 Å². The Morgan fingerprint density at radius 2 is 0.750 bits per heavy atom. The Bertz CT molecular complexity index is 3.25. The van der Waals surface area contributed by atoms with Gasteiger partial charge in [-0.3, -0.25) is 0 Å². The maximum Gasteiger partial charge on any atom is 3.00 e. The van der Waals surface area contributed by atoms with Crippen LogP contribution in [-0.2, 0) is 16.4 Å². The standard InChI is InChI=1S/Ce.3O/q+3;-2;2*+2. The van der Waals surface area contributed by atoms with E-state index in [1.54, 1.807) is 0 Å². The molecule has 0 aromatic rings. The Hall–Kier alpha value is 1.26. The molecule has 0 saturated heterocycles. The Balaban J connectivity index is 0. The van der Waals surface area contributed by atoms with E-state index in [1.807, 2.05) is 0 Å². The van der Waals surface area contributed by atoms with Crippen molar-refractivity contribution in [1.82, 2.24) is 0 Å². The van der Waals surface area contributed by atoms with E-state index in [4.69, 9.17) is 0 Å². The largest absolute Gasteiger partial charge is 3.00 e. The van der Waals surface area contributed by atoms with Crippen molar-refractivity contribution in [2.24, 2.45) is 0 Å². The summed E-state index contributed by atoms with van der Waals surface area (Å²) in [4.78, 5) is 0. The molecule has 0 spiro atoms. The summed E-state index contributed by atoms with van der Waals surface area (Å²) >= 11 is 0. The molecular weight excluding hydrogens is 188 g/mol. The summed E-state index contributed by atoms with van der Waals surface area (Å²) < 4.78 is 0. The van der Waals surface area contributed by atoms with Crippen LogP contribution in [-0.4, -0.2) is 0 Å². The second kappa shape index (κ2) is 28.6. The van der Waals surface area contributed by atoms with Gasteiger partial charge in [-0.2, -0.15) is 0 Å². The van der Waals surface area contributed by atoms with Crippen LogP contribution < -0.4 is 0 Å². The zero-order chi connectivity index (χ0) is 0. The first-order valence-electron chi connectivity index (χ1n) is 0. The third-order valence-electron chi connectivity index (χ3n) is 0. The molecular formula is CeO3+5. The molecule has 0 N–H and O–H groups in total. The predicted octanol–water partition coefficient (Wildman–Crippen LogP) is -0.356. The van der Waals surface area contributed by atoms with Gasteiger partial charge in [-0.25, -0.2) is 0 Å². The fourth-order valence-corrected chi connectivity index (χ4v) is 0. The van der Waals surface area contributed by atoms with Gasteiger partial charge in [-0.1, -0.05) is 0 Å². The molecule has 4 heteroatoms. The molecule has 0 atom stereocenters. The molecule has 0 bridgehead atoms. The van der Waals surface area contributed by atoms with Gasteiger partial charge in [0.1, 0.15) is 0 Å². The van der Waals surface area contributed by atoms with Crippen LogP contribution >= 0.6 is 0 Å². The molecule has 0 aliphatic heterocycles. The Morgan fingerprint density at radius 3 is 0.750 bits per heavy atom. The number of hydrogen-bond acceptors (Lipinski definition) is 0. The summed E-state index contributed by atoms with van der Waals surface area (Å²) in [6, 6.07) is 0. The molecule has 0 heterocycles. The molecule has 0 rings (SSSR count). The van der Waals surface area contributed by atoms with E-state index in [1.165, 1.54) is 0 Å². The van der Waals surface area contributed by atoms with Crippen LogP contribution in [0.2, 0.25) is 0 Å². The van der Waals surface area contributed by atoms with Gasteiger partial charge >= 0.3 is 52.7 Å². The molecule has 0 aromatic heterocycles. The van der Waals surface area contributed by atoms with Crippen molar-refractivity contribution in [1.29, 1.82) is 0 Å². The zero-order valence-electron chi connectivity index (χ0n) is 1.72. The average Bonchev–Trinajstić information content (AvgIpc) is 0. The Kier molecular flexibility index (Phi) is 431. The van der Waals surface area contributed by atoms with Gasteiger partial charge in [-0.05, 0) is 0 Å². The molecule has 3 nitrogen and oxygen atoms in total. The zero-order valence-corrected chi connectivity index (χ0v) is 4.86. The summed E-state index contributed by atoms with van der Waals surface area (Å²) in [5, 5.41) is 0. The van der Waals surface area contributed by atoms with Crippen LogP contribution in [0, 0.1) is 41.7 Å². The molecule has 0 aromatic carbocycles. The minimum atomic E-state index is 0. The molecule has 17 valence electrons. The molecule has 0 amide bonds. The second-order valence-electron chi connectivity index (χ2n) is 0. The van der Waals surface area contributed by atoms with Crippen LogP contribution in [0.4, 0.5) is 0 Å². The van der Waals surface area contributed by atoms with Crippen molar-refractivity contribution in [3.63, 3.8) is 0 Å². The molecule has 0 aliphatic rings. The van der Waals surface area contributed by atoms with E-state index >= 15 is 0 Å². The van der Waals surface area contributed by atoms with Crippen molar-refractivity contribution in [2.75, 3.05) is 0 Å². The molecule has 4 heavy (non-hydrogen) atoms. The molecule has 9 radical (unpaired) electrons. The van der Waals surface area contributed by atoms with Crippen LogP contribution in [0.15, 0.2) is 0 Å². The van der Waals surface area contributed by atoms with Gasteiger partial charge < -0.3 is 5.48 Å². The number of hydrogen-bond donors (Lipinski definition) is 0. The SMILES string of the molecule is [Ce+3].[O+2].[O+2].[O-2]. The van der Waals surface area contributed by atoms with Crippen molar-refractivity contribution in [3.8, 4) is 0 Å². The molecule has 0 saturated carbocycles. The summed E-state index contributed by atoms with van der Waals surface area (Å²) in [6.45, 7) is 0. The van der Waals surface area contributed by atoms with Gasteiger partial charge in [-0.15, -0.1) is 0 Å². The van der Waals surface area contributed by atoms with Crippen molar-refractivity contribution in [2.45, 2.75) is 0 Å². The first-order chi connectivity index (χ1) is 0. The first kappa shape index (κ1) is 60.3. The van der Waals surface area contributed by atoms with Gasteiger partial charge in [0, 0.05) is 0 Å². The van der Waals surface area contributed by atoms with Crippen molar-refractivity contribution in [3.05, 3.63) is 0 Å². The summed E-state index contributed by atoms with van der Waals surface area (Å²) in [6.07, 6.45) is 0. The third-order valence-corrected chi connectivity index (χ3v) is 0. The molecule has 0 aliphatic carbocycles. The topological polar surface area (TPSA) is 85.5 Å². The predicted molar refractivity (Wildman–Crippen MR) is 2.06 cm³/mol. The van der Waals surface area contributed by atoms with E-state index in [0.29, 0.717) is 0 Å². The molecule has 0 fully saturated rings. The van der Waals surface area contributed by atoms with Crippen LogP contribution in [0.3, 0.4) is 0 Å². The maximum atomic E-state index is 0. The van der Waals surface area contributed by atoms with Crippen LogP contribution in [0.5, 0.6) is 0 Å². The van der Waals surface area contributed by atoms with Gasteiger partial charge in [0.25, 0.3) is 0 Å². The third kappa shape index (κ3) is 10.5. The van der Waals surface area contributed by atoms with Crippen molar-refractivity contribution >= 4 is 0 Å². The summed E-state index contributed by atoms with van der Waals surface area (Å²) in [5.74, 6) is 0. The monoisotopic (exact) mass is 188 g/mol. The van der Waals surface area contributed by atoms with Crippen molar-refractivity contribution < 1.29 is 58.2 Å². The fraction of sp³-hybridized carbons (Fsp3) is 0. The second-order valence-corrected chi connectivity index (χ2v) is 0. The van der Waals surface area contributed by atoms with E-state index in [0.717, 1.165) is 0 Å². The maximum absolute atomic E-state index is 0. The molecule has 0 unspecified atom stereocenters. The minimum absolute atomic E-state index is 0. The first-order valence-corrected chi connectivity index (χ1v) is 0. The van der Waals surface area contributed by atoms with E-state index < -0.39 is 0 Å². The Labute approximate surface area is 57.7 Å². The van der Waals surface area contributed by atoms with E-state index in [2.05, 4.69) is 0 Å². The van der Waals surface area contributed by atoms with Gasteiger partial charge in [0.15, 0.2) is 0 Å². The van der Waals surface area contributed by atoms with Gasteiger partial charge in [0.2, 0.25) is 0 Å². The normalized spacial score (nSPS) is 0. The average molecular weight is 188 g/mol. The van der Waals surface area contributed by atoms with Gasteiger partial charge in [0.05, 0.1) is 0 Å². The van der Waals surface area contributed by atoms with Crippen LogP contribution in [0.1, 0.15) is 0 Å². The van der Waals surface area contributed by atoms with Crippen LogP contribution in [0.25, 0.3) is 0 Å². The quantitative estimate of drug-likeness (QED) is 0.497. The Morgan fingerprint density at radius 1 is 0.750 bits per heavy atom. The smallest absolute Gasteiger partial charge is 2.00 e. The van der Waals surface area contributed by atoms with E-state index in [-0.39, 0.29) is 58.2 Å². The number of rotatable bonds is 0. The minimum Gasteiger partial charge on any atom is -2.00 e. The summed E-state index contributed by atoms with van der Waals surface area (Å²) in [7, 11) is 0. The summed E-state index contributed by atoms with van der Waals surface area (Å²) in [5.41, 5.74) is 0.